The van der Waals surface area contributed by atoms with Crippen molar-refractivity contribution in [3.8, 4) is 0 Å². The van der Waals surface area contributed by atoms with Gasteiger partial charge in [0, 0.05) is 23.5 Å². The first kappa shape index (κ1) is 15.4. The monoisotopic (exact) mass is 342 g/mol. The van der Waals surface area contributed by atoms with Crippen LogP contribution in [0.3, 0.4) is 0 Å². The zero-order valence-corrected chi connectivity index (χ0v) is 15.9. The Balaban J connectivity index is 1.46. The number of Topliss-reactive ketones (excluding diaryl/α,β-unsaturated/α-hetero) is 1. The molecule has 0 amide bonds. The fourth-order valence-electron chi connectivity index (χ4n) is 9.07. The molecule has 4 saturated carbocycles. The van der Waals surface area contributed by atoms with Gasteiger partial charge in [0.05, 0.1) is 6.10 Å². The number of epoxide rings is 1. The highest BCUT2D eigenvalue weighted by molar-refractivity contribution is 5.96. The van der Waals surface area contributed by atoms with E-state index in [1.165, 1.54) is 25.7 Å². The van der Waals surface area contributed by atoms with Gasteiger partial charge in [0.1, 0.15) is 11.7 Å². The second kappa shape index (κ2) is 4.09. The second-order valence-corrected chi connectivity index (χ2v) is 10.4. The van der Waals surface area contributed by atoms with Gasteiger partial charge in [0.2, 0.25) is 0 Å². The lowest BCUT2D eigenvalue weighted by Crippen LogP contribution is -2.60. The highest BCUT2D eigenvalue weighted by Crippen LogP contribution is 2.84. The molecule has 1 saturated heterocycles. The van der Waals surface area contributed by atoms with Crippen LogP contribution in [0.1, 0.15) is 59.3 Å². The standard InChI is InChI=1S/C22H30O3/c1-12(23)15-9-18-22(25-18)16-10-17(24-4)21-11-13(21)5-7-19(21,2)14(16)6-8-20(15,22)3/h9,13-14,16-18H,5-8,10-11H2,1-4H3/t13-,14+,16-,17-,18-,19-,20-,21+,22-/m1/s1. The third-order valence-corrected chi connectivity index (χ3v) is 10.2. The molecule has 0 aromatic carbocycles. The number of rotatable bonds is 2. The van der Waals surface area contributed by atoms with E-state index in [9.17, 15) is 4.79 Å². The summed E-state index contributed by atoms with van der Waals surface area (Å²) in [7, 11) is 1.92. The second-order valence-electron chi connectivity index (χ2n) is 10.4. The number of fused-ring (bicyclic) bond motifs is 2. The van der Waals surface area contributed by atoms with Gasteiger partial charge in [-0.2, -0.15) is 0 Å². The van der Waals surface area contributed by atoms with E-state index in [-0.39, 0.29) is 22.9 Å². The molecule has 0 N–H and O–H groups in total. The van der Waals surface area contributed by atoms with Gasteiger partial charge in [0.25, 0.3) is 0 Å². The first-order valence-electron chi connectivity index (χ1n) is 10.3. The van der Waals surface area contributed by atoms with Gasteiger partial charge >= 0.3 is 0 Å². The Morgan fingerprint density at radius 1 is 1.24 bits per heavy atom. The van der Waals surface area contributed by atoms with Crippen molar-refractivity contribution in [1.29, 1.82) is 0 Å². The molecule has 0 bridgehead atoms. The van der Waals surface area contributed by atoms with Crippen LogP contribution in [0.5, 0.6) is 0 Å². The molecule has 136 valence electrons. The van der Waals surface area contributed by atoms with Crippen LogP contribution < -0.4 is 0 Å². The highest BCUT2D eigenvalue weighted by atomic mass is 16.6. The number of carbonyl (C=O) groups excluding carboxylic acids is 1. The van der Waals surface area contributed by atoms with E-state index in [1.54, 1.807) is 6.92 Å². The van der Waals surface area contributed by atoms with E-state index in [2.05, 4.69) is 19.9 Å². The highest BCUT2D eigenvalue weighted by Gasteiger charge is 2.84. The molecule has 3 nitrogen and oxygen atoms in total. The lowest BCUT2D eigenvalue weighted by molar-refractivity contribution is -0.162. The Hall–Kier alpha value is -0.670. The van der Waals surface area contributed by atoms with E-state index in [1.807, 2.05) is 7.11 Å². The van der Waals surface area contributed by atoms with Crippen molar-refractivity contribution in [2.24, 2.45) is 34.0 Å². The minimum atomic E-state index is -0.106. The number of carbonyl (C=O) groups is 1. The molecule has 9 atom stereocenters. The lowest BCUT2D eigenvalue weighted by atomic mass is 9.45. The minimum absolute atomic E-state index is 0.0780. The number of ketones is 1. The maximum Gasteiger partial charge on any atom is 0.156 e. The quantitative estimate of drug-likeness (QED) is 0.714. The summed E-state index contributed by atoms with van der Waals surface area (Å²) in [4.78, 5) is 12.3. The van der Waals surface area contributed by atoms with Crippen LogP contribution in [-0.4, -0.2) is 30.7 Å². The molecule has 3 heteroatoms. The zero-order chi connectivity index (χ0) is 17.4. The van der Waals surface area contributed by atoms with Crippen molar-refractivity contribution in [2.45, 2.75) is 77.1 Å². The fraction of sp³-hybridized carbons (Fsp3) is 0.864. The fourth-order valence-corrected chi connectivity index (χ4v) is 9.07. The van der Waals surface area contributed by atoms with Crippen LogP contribution in [0, 0.1) is 34.0 Å². The summed E-state index contributed by atoms with van der Waals surface area (Å²) in [5.74, 6) is 2.44. The Bertz CT molecular complexity index is 727. The number of ether oxygens (including phenoxy) is 2. The maximum absolute atomic E-state index is 12.3. The smallest absolute Gasteiger partial charge is 0.156 e. The molecule has 25 heavy (non-hydrogen) atoms. The van der Waals surface area contributed by atoms with E-state index in [0.717, 1.165) is 30.3 Å². The van der Waals surface area contributed by atoms with E-state index >= 15 is 0 Å². The van der Waals surface area contributed by atoms with Crippen LogP contribution in [-0.2, 0) is 14.3 Å². The first-order valence-corrected chi connectivity index (χ1v) is 10.3. The summed E-state index contributed by atoms with van der Waals surface area (Å²) in [5, 5.41) is 0. The summed E-state index contributed by atoms with van der Waals surface area (Å²) >= 11 is 0. The van der Waals surface area contributed by atoms with E-state index in [4.69, 9.17) is 9.47 Å². The molecular weight excluding hydrogens is 312 g/mol. The zero-order valence-electron chi connectivity index (χ0n) is 15.9. The van der Waals surface area contributed by atoms with Crippen molar-refractivity contribution in [3.63, 3.8) is 0 Å². The maximum atomic E-state index is 12.3. The summed E-state index contributed by atoms with van der Waals surface area (Å²) in [5.41, 5.74) is 1.73. The Morgan fingerprint density at radius 3 is 2.72 bits per heavy atom. The number of methoxy groups -OCH3 is 1. The van der Waals surface area contributed by atoms with Crippen molar-refractivity contribution < 1.29 is 14.3 Å². The van der Waals surface area contributed by atoms with Gasteiger partial charge < -0.3 is 9.47 Å². The van der Waals surface area contributed by atoms with Crippen LogP contribution in [0.2, 0.25) is 0 Å². The molecule has 1 aliphatic heterocycles. The SMILES string of the molecule is CO[C@@H]1C[C@@H]2[C@H](CC[C@]3(C)C(C(C)=O)=C[C@H]4O[C@]243)[C@@]2(C)CC[C@@H]3C[C@]312. The Morgan fingerprint density at radius 2 is 2.04 bits per heavy atom. The normalized spacial score (nSPS) is 62.9. The van der Waals surface area contributed by atoms with Crippen LogP contribution in [0.4, 0.5) is 0 Å². The molecule has 0 aromatic rings. The van der Waals surface area contributed by atoms with Gasteiger partial charge in [-0.25, -0.2) is 0 Å². The molecule has 0 unspecified atom stereocenters. The first-order chi connectivity index (χ1) is 11.8. The number of hydrogen-bond acceptors (Lipinski definition) is 3. The Kier molecular flexibility index (Phi) is 2.52. The van der Waals surface area contributed by atoms with Crippen LogP contribution in [0.15, 0.2) is 11.6 Å². The van der Waals surface area contributed by atoms with Gasteiger partial charge in [0.15, 0.2) is 5.78 Å². The summed E-state index contributed by atoms with van der Waals surface area (Å²) in [6, 6.07) is 0. The molecule has 0 aromatic heterocycles. The van der Waals surface area contributed by atoms with E-state index in [0.29, 0.717) is 22.9 Å². The average Bonchev–Trinajstić information content (AvgIpc) is 3.43. The molecule has 0 radical (unpaired) electrons. The molecular formula is C22H30O3. The van der Waals surface area contributed by atoms with Gasteiger partial charge in [-0.1, -0.05) is 13.8 Å². The third-order valence-electron chi connectivity index (χ3n) is 10.2. The topological polar surface area (TPSA) is 38.8 Å². The van der Waals surface area contributed by atoms with Crippen molar-refractivity contribution >= 4 is 5.78 Å². The summed E-state index contributed by atoms with van der Waals surface area (Å²) in [6.45, 7) is 6.63. The van der Waals surface area contributed by atoms with E-state index < -0.39 is 0 Å². The van der Waals surface area contributed by atoms with Gasteiger partial charge in [-0.15, -0.1) is 0 Å². The van der Waals surface area contributed by atoms with Crippen LogP contribution in [0.25, 0.3) is 0 Å². The molecule has 6 rings (SSSR count). The largest absolute Gasteiger partial charge is 0.381 e. The van der Waals surface area contributed by atoms with Gasteiger partial charge in [-0.3, -0.25) is 4.79 Å². The predicted octanol–water partition coefficient (Wildman–Crippen LogP) is 3.91. The minimum Gasteiger partial charge on any atom is -0.381 e. The summed E-state index contributed by atoms with van der Waals surface area (Å²) < 4.78 is 12.6. The number of hydrogen-bond donors (Lipinski definition) is 0. The molecule has 1 heterocycles. The van der Waals surface area contributed by atoms with Gasteiger partial charge in [-0.05, 0) is 74.7 Å². The third kappa shape index (κ3) is 1.33. The molecule has 6 aliphatic rings. The molecule has 5 fully saturated rings. The molecule has 5 aliphatic carbocycles. The Labute approximate surface area is 150 Å². The van der Waals surface area contributed by atoms with Crippen molar-refractivity contribution in [3.05, 3.63) is 11.6 Å². The summed E-state index contributed by atoms with van der Waals surface area (Å²) in [6.07, 6.45) is 10.4. The van der Waals surface area contributed by atoms with Crippen molar-refractivity contribution in [1.82, 2.24) is 0 Å². The average molecular weight is 342 g/mol. The molecule has 2 spiro atoms. The van der Waals surface area contributed by atoms with Crippen LogP contribution >= 0.6 is 0 Å². The van der Waals surface area contributed by atoms with Crippen molar-refractivity contribution in [2.75, 3.05) is 7.11 Å². The predicted molar refractivity (Wildman–Crippen MR) is 94.0 cm³/mol. The lowest BCUT2D eigenvalue weighted by Gasteiger charge is -2.60.